The molecule has 0 bridgehead atoms. The van der Waals surface area contributed by atoms with Gasteiger partial charge in [-0.25, -0.2) is 0 Å². The summed E-state index contributed by atoms with van der Waals surface area (Å²) in [5, 5.41) is 0. The highest BCUT2D eigenvalue weighted by Crippen LogP contribution is 2.17. The lowest BCUT2D eigenvalue weighted by atomic mass is 10.0. The zero-order valence-corrected chi connectivity index (χ0v) is 54.7. The van der Waals surface area contributed by atoms with Gasteiger partial charge in [0.2, 0.25) is 0 Å². The molecule has 0 saturated carbocycles. The van der Waals surface area contributed by atoms with Crippen LogP contribution >= 0.6 is 0 Å². The topological polar surface area (TPSA) is 78.9 Å². The maximum Gasteiger partial charge on any atom is 0.306 e. The molecule has 6 nitrogen and oxygen atoms in total. The second-order valence-corrected chi connectivity index (χ2v) is 23.4. The minimum Gasteiger partial charge on any atom is -0.462 e. The summed E-state index contributed by atoms with van der Waals surface area (Å²) >= 11 is 0. The Kier molecular flexibility index (Phi) is 67.2. The van der Waals surface area contributed by atoms with E-state index in [0.29, 0.717) is 19.3 Å². The molecule has 0 fully saturated rings. The third-order valence-electron chi connectivity index (χ3n) is 15.3. The molecule has 0 aliphatic carbocycles. The van der Waals surface area contributed by atoms with Crippen LogP contribution in [0.25, 0.3) is 0 Å². The van der Waals surface area contributed by atoms with E-state index in [2.05, 4.69) is 130 Å². The molecule has 0 aliphatic heterocycles. The molecule has 1 atom stereocenters. The van der Waals surface area contributed by atoms with Crippen molar-refractivity contribution in [3.05, 3.63) is 109 Å². The summed E-state index contributed by atoms with van der Waals surface area (Å²) in [6.07, 6.45) is 97.0. The highest BCUT2D eigenvalue weighted by Gasteiger charge is 2.19. The number of esters is 3. The minimum atomic E-state index is -0.809. The molecule has 0 aliphatic rings. The van der Waals surface area contributed by atoms with Crippen molar-refractivity contribution in [3.63, 3.8) is 0 Å². The summed E-state index contributed by atoms with van der Waals surface area (Å²) in [5.74, 6) is -0.944. The number of ether oxygens (including phenoxy) is 3. The number of carbonyl (C=O) groups is 3. The van der Waals surface area contributed by atoms with Crippen LogP contribution in [0, 0.1) is 0 Å². The van der Waals surface area contributed by atoms with Crippen LogP contribution in [0.4, 0.5) is 0 Å². The highest BCUT2D eigenvalue weighted by molar-refractivity contribution is 5.71. The van der Waals surface area contributed by atoms with Crippen LogP contribution in [0.15, 0.2) is 109 Å². The Hall–Kier alpha value is -3.93. The van der Waals surface area contributed by atoms with Gasteiger partial charge in [0.1, 0.15) is 13.2 Å². The van der Waals surface area contributed by atoms with E-state index in [0.717, 1.165) is 96.3 Å². The fourth-order valence-corrected chi connectivity index (χ4v) is 9.99. The van der Waals surface area contributed by atoms with Crippen molar-refractivity contribution >= 4 is 17.9 Å². The van der Waals surface area contributed by atoms with Crippen LogP contribution in [-0.2, 0) is 28.6 Å². The van der Waals surface area contributed by atoms with Crippen LogP contribution in [0.2, 0.25) is 0 Å². The van der Waals surface area contributed by atoms with Gasteiger partial charge in [0.25, 0.3) is 0 Å². The van der Waals surface area contributed by atoms with Crippen molar-refractivity contribution < 1.29 is 28.6 Å². The molecule has 6 heteroatoms. The molecule has 1 unspecified atom stereocenters. The SMILES string of the molecule is CC/C=C\C/C=C\C/C=C\C/C=C\C/C=C\C/C=C\C/C=C\CCCC(=O)OC(COC(=O)CCCCCCCCCCCCCCC)COC(=O)CCCCCCCCCCCCCCCCCCC/C=C\C/C=C\CCCCCCC. The average molecular weight is 1150 g/mol. The van der Waals surface area contributed by atoms with Crippen molar-refractivity contribution in [1.82, 2.24) is 0 Å². The Balaban J connectivity index is 4.33. The van der Waals surface area contributed by atoms with E-state index in [9.17, 15) is 14.4 Å². The fraction of sp³-hybridized carbons (Fsp3) is 0.727. The van der Waals surface area contributed by atoms with Gasteiger partial charge in [0, 0.05) is 19.3 Å². The first-order valence-electron chi connectivity index (χ1n) is 35.4. The van der Waals surface area contributed by atoms with Gasteiger partial charge in [-0.3, -0.25) is 14.4 Å². The Morgan fingerprint density at radius 2 is 0.482 bits per heavy atom. The Labute approximate surface area is 514 Å². The molecule has 0 saturated heterocycles. The molecular formula is C77H132O6. The molecule has 476 valence electrons. The number of unbranched alkanes of at least 4 members (excludes halogenated alkanes) is 35. The summed E-state index contributed by atoms with van der Waals surface area (Å²) < 4.78 is 16.9. The second kappa shape index (κ2) is 70.6. The van der Waals surface area contributed by atoms with Gasteiger partial charge in [-0.05, 0) is 103 Å². The van der Waals surface area contributed by atoms with Crippen LogP contribution < -0.4 is 0 Å². The van der Waals surface area contributed by atoms with Crippen molar-refractivity contribution in [2.75, 3.05) is 13.2 Å². The lowest BCUT2D eigenvalue weighted by molar-refractivity contribution is -0.167. The quantitative estimate of drug-likeness (QED) is 0.0261. The monoisotopic (exact) mass is 1150 g/mol. The Morgan fingerprint density at radius 1 is 0.253 bits per heavy atom. The summed E-state index contributed by atoms with van der Waals surface area (Å²) in [5.41, 5.74) is 0. The fourth-order valence-electron chi connectivity index (χ4n) is 9.99. The van der Waals surface area contributed by atoms with E-state index < -0.39 is 6.10 Å². The highest BCUT2D eigenvalue weighted by atomic mass is 16.6. The zero-order valence-electron chi connectivity index (χ0n) is 54.7. The molecule has 0 aromatic heterocycles. The summed E-state index contributed by atoms with van der Waals surface area (Å²) in [6.45, 7) is 6.51. The lowest BCUT2D eigenvalue weighted by Gasteiger charge is -2.18. The van der Waals surface area contributed by atoms with Gasteiger partial charge >= 0.3 is 17.9 Å². The molecule has 0 heterocycles. The van der Waals surface area contributed by atoms with Crippen molar-refractivity contribution in [3.8, 4) is 0 Å². The minimum absolute atomic E-state index is 0.0982. The van der Waals surface area contributed by atoms with Gasteiger partial charge in [0.05, 0.1) is 0 Å². The van der Waals surface area contributed by atoms with E-state index in [1.165, 1.54) is 199 Å². The summed E-state index contributed by atoms with van der Waals surface area (Å²) in [4.78, 5) is 38.4. The molecule has 0 aromatic rings. The first kappa shape index (κ1) is 79.1. The summed E-state index contributed by atoms with van der Waals surface area (Å²) in [6, 6.07) is 0. The van der Waals surface area contributed by atoms with Crippen molar-refractivity contribution in [1.29, 1.82) is 0 Å². The first-order valence-corrected chi connectivity index (χ1v) is 35.4. The number of carbonyl (C=O) groups excluding carboxylic acids is 3. The molecule has 83 heavy (non-hydrogen) atoms. The predicted octanol–water partition coefficient (Wildman–Crippen LogP) is 24.6. The van der Waals surface area contributed by atoms with Crippen LogP contribution in [0.5, 0.6) is 0 Å². The second-order valence-electron chi connectivity index (χ2n) is 23.4. The van der Waals surface area contributed by atoms with Gasteiger partial charge in [0.15, 0.2) is 6.10 Å². The maximum atomic E-state index is 12.9. The number of rotatable bonds is 64. The van der Waals surface area contributed by atoms with Gasteiger partial charge in [-0.1, -0.05) is 329 Å². The normalized spacial score (nSPS) is 12.8. The average Bonchev–Trinajstić information content (AvgIpc) is 3.49. The van der Waals surface area contributed by atoms with Gasteiger partial charge in [-0.2, -0.15) is 0 Å². The molecule has 0 aromatic carbocycles. The van der Waals surface area contributed by atoms with E-state index in [4.69, 9.17) is 14.2 Å². The van der Waals surface area contributed by atoms with E-state index >= 15 is 0 Å². The molecular weight excluding hydrogens is 1020 g/mol. The van der Waals surface area contributed by atoms with Crippen molar-refractivity contribution in [2.45, 2.75) is 348 Å². The Bertz CT molecular complexity index is 1660. The van der Waals surface area contributed by atoms with Gasteiger partial charge < -0.3 is 14.2 Å². The number of hydrogen-bond acceptors (Lipinski definition) is 6. The molecule has 0 rings (SSSR count). The van der Waals surface area contributed by atoms with Gasteiger partial charge in [-0.15, -0.1) is 0 Å². The zero-order chi connectivity index (χ0) is 59.9. The van der Waals surface area contributed by atoms with E-state index in [1.807, 2.05) is 0 Å². The number of hydrogen-bond donors (Lipinski definition) is 0. The molecule has 0 amide bonds. The third-order valence-corrected chi connectivity index (χ3v) is 15.3. The van der Waals surface area contributed by atoms with Crippen LogP contribution in [0.3, 0.4) is 0 Å². The van der Waals surface area contributed by atoms with Crippen LogP contribution in [-0.4, -0.2) is 37.2 Å². The van der Waals surface area contributed by atoms with E-state index in [1.54, 1.807) is 0 Å². The van der Waals surface area contributed by atoms with Crippen LogP contribution in [0.1, 0.15) is 342 Å². The Morgan fingerprint density at radius 3 is 0.771 bits per heavy atom. The largest absolute Gasteiger partial charge is 0.462 e. The smallest absolute Gasteiger partial charge is 0.306 e. The summed E-state index contributed by atoms with van der Waals surface area (Å²) in [7, 11) is 0. The molecule has 0 spiro atoms. The molecule has 0 radical (unpaired) electrons. The van der Waals surface area contributed by atoms with E-state index in [-0.39, 0.29) is 37.5 Å². The first-order chi connectivity index (χ1) is 41.0. The number of allylic oxidation sites excluding steroid dienone is 18. The third kappa shape index (κ3) is 68.7. The van der Waals surface area contributed by atoms with Crippen molar-refractivity contribution in [2.24, 2.45) is 0 Å². The lowest BCUT2D eigenvalue weighted by Crippen LogP contribution is -2.30. The molecule has 0 N–H and O–H groups in total. The maximum absolute atomic E-state index is 12.9. The predicted molar refractivity (Wildman–Crippen MR) is 362 cm³/mol. The standard InChI is InChI=1S/C77H132O6/c1-4-7-10-13-16-19-22-25-27-29-31-33-35-36-37-38-39-40-42-43-45-47-49-52-55-58-61-64-67-70-76(79)82-73-74(72-81-75(78)69-66-63-60-57-54-51-24-21-18-15-12-9-6-3)83-77(80)71-68-65-62-59-56-53-50-48-46-44-41-34-32-30-28-26-23-20-17-14-11-8-5-2/h8,11,17,20,22,25-26,28-29,31-32,34,44,46,50,53,59,62,74H,4-7,9-10,12-16,18-19,21,23-24,27,30,33,35-43,45,47-49,51-52,54-58,60-61,63-73H2,1-3H3/b11-8-,20-17-,25-22-,28-26-,31-29-,34-32-,46-44-,53-50-,62-59-.